The molecule has 0 saturated heterocycles. The smallest absolute Gasteiger partial charge is 0.243 e. The second kappa shape index (κ2) is 7.33. The van der Waals surface area contributed by atoms with Crippen LogP contribution in [0.25, 0.3) is 11.3 Å². The van der Waals surface area contributed by atoms with Crippen LogP contribution in [0.5, 0.6) is 0 Å². The summed E-state index contributed by atoms with van der Waals surface area (Å²) in [4.78, 5) is 16.3. The molecule has 21 heavy (non-hydrogen) atoms. The average molecular weight is 303 g/mol. The molecule has 2 rings (SSSR count). The van der Waals surface area contributed by atoms with Gasteiger partial charge in [0.15, 0.2) is 5.13 Å². The lowest BCUT2D eigenvalue weighted by molar-refractivity contribution is -0.117. The van der Waals surface area contributed by atoms with Crippen molar-refractivity contribution in [2.24, 2.45) is 5.73 Å². The van der Waals surface area contributed by atoms with Gasteiger partial charge in [0.05, 0.1) is 11.7 Å². The number of nitrogens with two attached hydrogens (primary N) is 1. The van der Waals surface area contributed by atoms with Gasteiger partial charge in [0.25, 0.3) is 0 Å². The molecule has 0 aliphatic rings. The van der Waals surface area contributed by atoms with Gasteiger partial charge in [-0.3, -0.25) is 4.79 Å². The van der Waals surface area contributed by atoms with Crippen LogP contribution in [0, 0.1) is 0 Å². The molecule has 1 aromatic carbocycles. The Kier molecular flexibility index (Phi) is 5.47. The van der Waals surface area contributed by atoms with E-state index in [1.807, 2.05) is 12.3 Å². The first-order valence-corrected chi connectivity index (χ1v) is 8.13. The zero-order chi connectivity index (χ0) is 15.2. The Balaban J connectivity index is 2.05. The van der Waals surface area contributed by atoms with Crippen LogP contribution in [0.15, 0.2) is 29.6 Å². The van der Waals surface area contributed by atoms with Crippen LogP contribution in [0.4, 0.5) is 5.13 Å². The fourth-order valence-electron chi connectivity index (χ4n) is 2.02. The lowest BCUT2D eigenvalue weighted by Gasteiger charge is -2.08. The molecule has 1 unspecified atom stereocenters. The predicted molar refractivity (Wildman–Crippen MR) is 88.4 cm³/mol. The van der Waals surface area contributed by atoms with Crippen molar-refractivity contribution in [3.63, 3.8) is 0 Å². The lowest BCUT2D eigenvalue weighted by Crippen LogP contribution is -2.35. The number of aryl methyl sites for hydroxylation is 1. The number of hydrogen-bond acceptors (Lipinski definition) is 4. The number of carbonyl (C=O) groups excluding carboxylic acids is 1. The number of thiazole rings is 1. The van der Waals surface area contributed by atoms with E-state index in [-0.39, 0.29) is 5.91 Å². The van der Waals surface area contributed by atoms with E-state index >= 15 is 0 Å². The molecular formula is C16H21N3OS. The molecule has 1 atom stereocenters. The zero-order valence-corrected chi connectivity index (χ0v) is 13.2. The van der Waals surface area contributed by atoms with Crippen molar-refractivity contribution in [3.8, 4) is 11.3 Å². The molecule has 1 heterocycles. The number of benzene rings is 1. The van der Waals surface area contributed by atoms with Crippen molar-refractivity contribution in [1.29, 1.82) is 0 Å². The van der Waals surface area contributed by atoms with Gasteiger partial charge in [-0.1, -0.05) is 44.5 Å². The van der Waals surface area contributed by atoms with E-state index in [1.54, 1.807) is 0 Å². The summed E-state index contributed by atoms with van der Waals surface area (Å²) in [5.41, 5.74) is 9.02. The van der Waals surface area contributed by atoms with Crippen LogP contribution >= 0.6 is 11.3 Å². The summed E-state index contributed by atoms with van der Waals surface area (Å²) < 4.78 is 0. The number of aromatic nitrogens is 1. The van der Waals surface area contributed by atoms with Crippen molar-refractivity contribution >= 4 is 22.4 Å². The Labute approximate surface area is 129 Å². The molecule has 4 nitrogen and oxygen atoms in total. The summed E-state index contributed by atoms with van der Waals surface area (Å²) in [6.07, 6.45) is 2.60. The molecule has 0 spiro atoms. The Hall–Kier alpha value is -1.72. The van der Waals surface area contributed by atoms with Crippen LogP contribution in [0.3, 0.4) is 0 Å². The zero-order valence-electron chi connectivity index (χ0n) is 12.4. The molecule has 0 fully saturated rings. The average Bonchev–Trinajstić information content (AvgIpc) is 2.96. The van der Waals surface area contributed by atoms with Crippen LogP contribution in [0.2, 0.25) is 0 Å². The Morgan fingerprint density at radius 2 is 2.05 bits per heavy atom. The molecule has 5 heteroatoms. The normalized spacial score (nSPS) is 12.1. The number of anilines is 1. The first-order valence-electron chi connectivity index (χ1n) is 7.25. The third-order valence-electron chi connectivity index (χ3n) is 3.33. The van der Waals surface area contributed by atoms with Gasteiger partial charge >= 0.3 is 0 Å². The van der Waals surface area contributed by atoms with Crippen molar-refractivity contribution in [1.82, 2.24) is 4.98 Å². The molecule has 0 radical (unpaired) electrons. The minimum absolute atomic E-state index is 0.168. The van der Waals surface area contributed by atoms with E-state index in [0.717, 1.165) is 24.1 Å². The summed E-state index contributed by atoms with van der Waals surface area (Å²) in [7, 11) is 0. The highest BCUT2D eigenvalue weighted by Crippen LogP contribution is 2.25. The van der Waals surface area contributed by atoms with Gasteiger partial charge in [0.1, 0.15) is 0 Å². The van der Waals surface area contributed by atoms with Crippen molar-refractivity contribution in [2.45, 2.75) is 39.2 Å². The Morgan fingerprint density at radius 3 is 2.67 bits per heavy atom. The first-order chi connectivity index (χ1) is 10.1. The quantitative estimate of drug-likeness (QED) is 0.859. The summed E-state index contributed by atoms with van der Waals surface area (Å²) in [5.74, 6) is -0.168. The summed E-state index contributed by atoms with van der Waals surface area (Å²) in [5, 5.41) is 5.33. The molecule has 0 saturated carbocycles. The van der Waals surface area contributed by atoms with E-state index < -0.39 is 6.04 Å². The van der Waals surface area contributed by atoms with Crippen LogP contribution in [0.1, 0.15) is 32.3 Å². The highest BCUT2D eigenvalue weighted by molar-refractivity contribution is 7.14. The number of hydrogen-bond donors (Lipinski definition) is 2. The number of amides is 1. The fourth-order valence-corrected chi connectivity index (χ4v) is 2.74. The molecular weight excluding hydrogens is 282 g/mol. The molecule has 2 aromatic rings. The second-order valence-corrected chi connectivity index (χ2v) is 5.83. The maximum atomic E-state index is 11.9. The standard InChI is InChI=1S/C16H21N3OS/c1-3-5-13(17)15(20)19-16-18-14(10-21-16)12-8-6-11(4-2)7-9-12/h6-10,13H,3-5,17H2,1-2H3,(H,18,19,20). The van der Waals surface area contributed by atoms with Crippen molar-refractivity contribution < 1.29 is 4.79 Å². The number of rotatable bonds is 6. The molecule has 0 bridgehead atoms. The molecule has 1 aromatic heterocycles. The van der Waals surface area contributed by atoms with E-state index in [0.29, 0.717) is 11.6 Å². The fraction of sp³-hybridized carbons (Fsp3) is 0.375. The van der Waals surface area contributed by atoms with Crippen molar-refractivity contribution in [3.05, 3.63) is 35.2 Å². The van der Waals surface area contributed by atoms with Crippen LogP contribution < -0.4 is 11.1 Å². The number of nitrogens with zero attached hydrogens (tertiary/aromatic N) is 1. The van der Waals surface area contributed by atoms with Crippen LogP contribution in [-0.4, -0.2) is 16.9 Å². The minimum atomic E-state index is -0.466. The maximum absolute atomic E-state index is 11.9. The van der Waals surface area contributed by atoms with Gasteiger partial charge in [-0.25, -0.2) is 4.98 Å². The molecule has 112 valence electrons. The SMILES string of the molecule is CCCC(N)C(=O)Nc1nc(-c2ccc(CC)cc2)cs1. The van der Waals surface area contributed by atoms with E-state index in [4.69, 9.17) is 5.73 Å². The van der Waals surface area contributed by atoms with E-state index in [1.165, 1.54) is 16.9 Å². The maximum Gasteiger partial charge on any atom is 0.243 e. The highest BCUT2D eigenvalue weighted by atomic mass is 32.1. The Bertz CT molecular complexity index is 592. The summed E-state index contributed by atoms with van der Waals surface area (Å²) >= 11 is 1.42. The second-order valence-electron chi connectivity index (χ2n) is 4.97. The number of carbonyl (C=O) groups is 1. The van der Waals surface area contributed by atoms with Crippen LogP contribution in [-0.2, 0) is 11.2 Å². The van der Waals surface area contributed by atoms with E-state index in [9.17, 15) is 4.79 Å². The molecule has 1 amide bonds. The highest BCUT2D eigenvalue weighted by Gasteiger charge is 2.14. The molecule has 0 aliphatic heterocycles. The van der Waals surface area contributed by atoms with Gasteiger partial charge in [0, 0.05) is 10.9 Å². The summed E-state index contributed by atoms with van der Waals surface area (Å²) in [6.45, 7) is 4.14. The third kappa shape index (κ3) is 4.12. The van der Waals surface area contributed by atoms with Gasteiger partial charge in [-0.15, -0.1) is 11.3 Å². The van der Waals surface area contributed by atoms with Gasteiger partial charge in [0.2, 0.25) is 5.91 Å². The summed E-state index contributed by atoms with van der Waals surface area (Å²) in [6, 6.07) is 7.85. The molecule has 3 N–H and O–H groups in total. The number of nitrogens with one attached hydrogen (secondary N) is 1. The Morgan fingerprint density at radius 1 is 1.33 bits per heavy atom. The van der Waals surface area contributed by atoms with Gasteiger partial charge in [-0.05, 0) is 18.4 Å². The monoisotopic (exact) mass is 303 g/mol. The van der Waals surface area contributed by atoms with Crippen molar-refractivity contribution in [2.75, 3.05) is 5.32 Å². The topological polar surface area (TPSA) is 68.0 Å². The lowest BCUT2D eigenvalue weighted by atomic mass is 10.1. The molecule has 0 aliphatic carbocycles. The van der Waals surface area contributed by atoms with Gasteiger partial charge < -0.3 is 11.1 Å². The first kappa shape index (κ1) is 15.7. The third-order valence-corrected chi connectivity index (χ3v) is 4.09. The minimum Gasteiger partial charge on any atom is -0.320 e. The van der Waals surface area contributed by atoms with Gasteiger partial charge in [-0.2, -0.15) is 0 Å². The van der Waals surface area contributed by atoms with E-state index in [2.05, 4.69) is 41.5 Å². The predicted octanol–water partition coefficient (Wildman–Crippen LogP) is 3.44. The largest absolute Gasteiger partial charge is 0.320 e.